The minimum atomic E-state index is -0.463. The van der Waals surface area contributed by atoms with Crippen LogP contribution in [0.5, 0.6) is 34.5 Å². The quantitative estimate of drug-likeness (QED) is 0.00921. The monoisotopic (exact) mass is 1540 g/mol. The number of aliphatic hydroxyl groups excluding tert-OH is 4. The Morgan fingerprint density at radius 1 is 0.318 bits per heavy atom. The van der Waals surface area contributed by atoms with Crippen molar-refractivity contribution in [2.75, 3.05) is 79.3 Å². The third kappa shape index (κ3) is 48.5. The predicted molar refractivity (Wildman–Crippen MR) is 453 cm³/mol. The Bertz CT molecular complexity index is 3460. The van der Waals surface area contributed by atoms with Crippen molar-refractivity contribution < 1.29 is 72.7 Å². The largest absolute Gasteiger partial charge is 0.494 e. The summed E-state index contributed by atoms with van der Waals surface area (Å²) in [6, 6.07) is 44.2. The predicted octanol–water partition coefficient (Wildman–Crippen LogP) is 21.5. The summed E-state index contributed by atoms with van der Waals surface area (Å²) >= 11 is 4.87. The first-order chi connectivity index (χ1) is 52.8. The van der Waals surface area contributed by atoms with E-state index in [1.165, 1.54) is 27.8 Å². The van der Waals surface area contributed by atoms with Crippen molar-refractivity contribution in [3.05, 3.63) is 214 Å². The zero-order valence-electron chi connectivity index (χ0n) is 66.8. The molecule has 0 aliphatic rings. The van der Waals surface area contributed by atoms with Gasteiger partial charge < -0.3 is 58.3 Å². The molecule has 0 radical (unpaired) electrons. The number of aryl methyl sites for hydroxylation is 7. The normalized spacial score (nSPS) is 10.6. The number of benzene rings is 6. The van der Waals surface area contributed by atoms with Gasteiger partial charge in [-0.2, -0.15) is 0 Å². The molecule has 4 N–H and O–H groups in total. The lowest BCUT2D eigenvalue weighted by Crippen LogP contribution is -2.06. The highest BCUT2D eigenvalue weighted by Crippen LogP contribution is 2.26. The van der Waals surface area contributed by atoms with Crippen LogP contribution in [0.15, 0.2) is 164 Å². The highest BCUT2D eigenvalue weighted by atomic mass is 35.5. The van der Waals surface area contributed by atoms with E-state index in [1.54, 1.807) is 20.8 Å². The van der Waals surface area contributed by atoms with Crippen LogP contribution in [0, 0.1) is 20.8 Å². The van der Waals surface area contributed by atoms with Crippen LogP contribution in [0.3, 0.4) is 0 Å². The summed E-state index contributed by atoms with van der Waals surface area (Å²) in [5.41, 5.74) is 12.3. The first-order valence-corrected chi connectivity index (χ1v) is 40.2. The fraction of sp³-hybridized carbons (Fsp3) is 0.500. The number of esters is 2. The average molecular weight is 1540 g/mol. The van der Waals surface area contributed by atoms with E-state index in [9.17, 15) is 14.4 Å². The van der Waals surface area contributed by atoms with Gasteiger partial charge in [0.2, 0.25) is 5.24 Å². The molecule has 0 spiro atoms. The van der Waals surface area contributed by atoms with Crippen LogP contribution in [0.4, 0.5) is 0 Å². The number of unbranched alkanes of at least 4 members (excludes halogenated alkanes) is 18. The van der Waals surface area contributed by atoms with Crippen LogP contribution in [0.25, 0.3) is 12.2 Å². The highest BCUT2D eigenvalue weighted by Gasteiger charge is 2.09. The molecule has 0 bridgehead atoms. The number of rotatable bonds is 55. The van der Waals surface area contributed by atoms with E-state index in [4.69, 9.17) is 69.9 Å². The molecule has 0 aromatic heterocycles. The second-order valence-electron chi connectivity index (χ2n) is 27.8. The fourth-order valence-corrected chi connectivity index (χ4v) is 11.0. The maximum Gasteiger partial charge on any atom is 0.333 e. The number of carbonyl (C=O) groups is 3. The van der Waals surface area contributed by atoms with E-state index >= 15 is 0 Å². The molecule has 0 atom stereocenters. The number of halogens is 1. The molecule has 0 heterocycles. The molecular weight excluding hydrogens is 1400 g/mol. The van der Waals surface area contributed by atoms with Gasteiger partial charge in [0.1, 0.15) is 34.5 Å². The van der Waals surface area contributed by atoms with Crippen molar-refractivity contribution >= 4 is 40.9 Å². The van der Waals surface area contributed by atoms with Gasteiger partial charge in [-0.1, -0.05) is 132 Å². The van der Waals surface area contributed by atoms with Crippen LogP contribution < -0.4 is 28.4 Å². The number of hydrogen-bond donors (Lipinski definition) is 4. The number of hydrogen-bond acceptors (Lipinski definition) is 15. The van der Waals surface area contributed by atoms with Crippen molar-refractivity contribution in [1.82, 2.24) is 0 Å². The summed E-state index contributed by atoms with van der Waals surface area (Å²) in [6.45, 7) is 27.9. The van der Waals surface area contributed by atoms with Crippen LogP contribution >= 0.6 is 11.6 Å². The van der Waals surface area contributed by atoms with E-state index in [2.05, 4.69) is 150 Å². The summed E-state index contributed by atoms with van der Waals surface area (Å²) in [5, 5.41) is 34.7. The van der Waals surface area contributed by atoms with Crippen LogP contribution in [-0.2, 0) is 49.5 Å². The zero-order valence-corrected chi connectivity index (χ0v) is 67.6. The molecular formula is C94H135ClO15. The van der Waals surface area contributed by atoms with E-state index in [0.717, 1.165) is 263 Å². The second-order valence-corrected chi connectivity index (χ2v) is 28.1. The average Bonchev–Trinajstić information content (AvgIpc) is 0.877. The number of carbonyl (C=O) groups excluding carboxylic acids is 3. The van der Waals surface area contributed by atoms with E-state index < -0.39 is 5.24 Å². The second kappa shape index (κ2) is 63.5. The molecule has 110 heavy (non-hydrogen) atoms. The van der Waals surface area contributed by atoms with Crippen molar-refractivity contribution in [3.8, 4) is 34.5 Å². The Morgan fingerprint density at radius 3 is 0.855 bits per heavy atom. The van der Waals surface area contributed by atoms with Gasteiger partial charge in [0, 0.05) is 43.1 Å². The van der Waals surface area contributed by atoms with Gasteiger partial charge in [-0.25, -0.2) is 9.59 Å². The zero-order chi connectivity index (χ0) is 79.3. The molecule has 0 unspecified atom stereocenters. The summed E-state index contributed by atoms with van der Waals surface area (Å²) < 4.78 is 45.5. The summed E-state index contributed by atoms with van der Waals surface area (Å²) in [6.07, 6.45) is 32.2. The molecule has 0 fully saturated rings. The minimum Gasteiger partial charge on any atom is -0.494 e. The van der Waals surface area contributed by atoms with Gasteiger partial charge in [-0.15, -0.1) is 0 Å². The lowest BCUT2D eigenvalue weighted by Gasteiger charge is -2.11. The Morgan fingerprint density at radius 2 is 0.564 bits per heavy atom. The van der Waals surface area contributed by atoms with Crippen molar-refractivity contribution in [2.24, 2.45) is 0 Å². The van der Waals surface area contributed by atoms with Crippen molar-refractivity contribution in [2.45, 2.75) is 229 Å². The summed E-state index contributed by atoms with van der Waals surface area (Å²) in [4.78, 5) is 32.5. The van der Waals surface area contributed by atoms with E-state index in [1.807, 2.05) is 30.3 Å². The first kappa shape index (κ1) is 97.9. The first-order valence-electron chi connectivity index (χ1n) is 39.8. The van der Waals surface area contributed by atoms with Gasteiger partial charge in [-0.05, 0) is 318 Å². The lowest BCUT2D eigenvalue weighted by atomic mass is 10.0. The van der Waals surface area contributed by atoms with Gasteiger partial charge in [0.15, 0.2) is 0 Å². The van der Waals surface area contributed by atoms with Gasteiger partial charge in [0.25, 0.3) is 0 Å². The molecule has 0 aliphatic heterocycles. The third-order valence-electron chi connectivity index (χ3n) is 17.6. The maximum absolute atomic E-state index is 11.4. The Hall–Kier alpha value is -8.18. The van der Waals surface area contributed by atoms with Crippen LogP contribution in [0.2, 0.25) is 0 Å². The smallest absolute Gasteiger partial charge is 0.333 e. The number of allylic oxidation sites excluding steroid dienone is 1. The number of aliphatic hydroxyl groups is 4. The Kier molecular flexibility index (Phi) is 56.5. The van der Waals surface area contributed by atoms with E-state index in [-0.39, 0.29) is 45.8 Å². The fourth-order valence-electron chi connectivity index (χ4n) is 11.0. The molecule has 0 aliphatic carbocycles. The summed E-state index contributed by atoms with van der Waals surface area (Å²) in [7, 11) is 0. The SMILES string of the molecule is C.C=C(C)C(=O)Cl.C=C(C)C(=O)OCCCCCCOc1ccc(CCc2ccc(OCCCCCCOC(=O)C(=C)C)c(C)c2)cc1.Cc1cc(/C=C/c2ccc(OCCCCCCO)cc2)ccc1OCCCCCCO.Cc1cc(CCc2ccc(OCCCCCCO)cc2)ccc1OCCCCCCO. The van der Waals surface area contributed by atoms with Gasteiger partial charge in [-0.3, -0.25) is 4.79 Å². The molecule has 608 valence electrons. The van der Waals surface area contributed by atoms with Crippen LogP contribution in [0.1, 0.15) is 232 Å². The summed E-state index contributed by atoms with van der Waals surface area (Å²) in [5.74, 6) is 4.96. The molecule has 6 aromatic rings. The molecule has 6 rings (SSSR count). The maximum atomic E-state index is 11.4. The van der Waals surface area contributed by atoms with E-state index in [0.29, 0.717) is 43.1 Å². The Labute approximate surface area is 666 Å². The molecule has 6 aromatic carbocycles. The molecule has 0 amide bonds. The molecule has 0 saturated carbocycles. The van der Waals surface area contributed by atoms with Crippen molar-refractivity contribution in [1.29, 1.82) is 0 Å². The topological polar surface area (TPSA) is 206 Å². The molecule has 15 nitrogen and oxygen atoms in total. The standard InChI is InChI=1S/C35H48O6.C27H40O4.C27H38O4.C4H5ClO.CH4/c1-27(2)34(36)40-24-12-8-6-10-22-38-32-19-16-30(17-20-32)14-15-31-18-21-33(29(5)26-31)39-23-11-7-9-13-25-41-35(37)28(3)4;2*1-23-22-25(14-17-27(23)31-21-9-5-3-7-19-29)11-10-24-12-15-26(16-13-24)30-20-8-4-2-6-18-28;1-3(2)4(5)6;/h16-21,26H,1,3,6-15,22-25H2,2,4-5H3;12-17,22,28-29H,2-11,18-21H2,1H3;10-17,22,28-29H,2-9,18-21H2,1H3;1H2,2H3;1H4/b;;11-10+;;. The third-order valence-corrected chi connectivity index (χ3v) is 18.0. The Balaban J connectivity index is 0.000000543. The molecule has 16 heteroatoms. The highest BCUT2D eigenvalue weighted by molar-refractivity contribution is 6.67. The lowest BCUT2D eigenvalue weighted by molar-refractivity contribution is -0.139. The van der Waals surface area contributed by atoms with Gasteiger partial charge in [0.05, 0.1) is 52.9 Å². The van der Waals surface area contributed by atoms with Crippen molar-refractivity contribution in [3.63, 3.8) is 0 Å². The minimum absolute atomic E-state index is 0. The van der Waals surface area contributed by atoms with Crippen LogP contribution in [-0.4, -0.2) is 117 Å². The number of ether oxygens (including phenoxy) is 8. The van der Waals surface area contributed by atoms with Gasteiger partial charge >= 0.3 is 11.9 Å². The molecule has 0 saturated heterocycles.